The van der Waals surface area contributed by atoms with Gasteiger partial charge in [-0.25, -0.2) is 0 Å². The highest BCUT2D eigenvalue weighted by molar-refractivity contribution is 6.31. The van der Waals surface area contributed by atoms with Gasteiger partial charge in [0.1, 0.15) is 17.2 Å². The highest BCUT2D eigenvalue weighted by atomic mass is 35.5. The number of rotatable bonds is 8. The first-order valence-electron chi connectivity index (χ1n) is 9.51. The van der Waals surface area contributed by atoms with Crippen LogP contribution in [-0.4, -0.2) is 17.7 Å². The summed E-state index contributed by atoms with van der Waals surface area (Å²) in [6.07, 6.45) is 6.92. The fourth-order valence-corrected chi connectivity index (χ4v) is 3.63. The van der Waals surface area contributed by atoms with E-state index in [0.29, 0.717) is 28.9 Å². The Kier molecular flexibility index (Phi) is 6.99. The van der Waals surface area contributed by atoms with Crippen molar-refractivity contribution in [3.05, 3.63) is 53.1 Å². The van der Waals surface area contributed by atoms with Gasteiger partial charge >= 0.3 is 5.97 Å². The van der Waals surface area contributed by atoms with Crippen molar-refractivity contribution in [2.75, 3.05) is 6.61 Å². The normalized spacial score (nSPS) is 14.7. The van der Waals surface area contributed by atoms with Crippen LogP contribution < -0.4 is 9.47 Å². The van der Waals surface area contributed by atoms with Crippen molar-refractivity contribution in [1.82, 2.24) is 0 Å². The average Bonchev–Trinajstić information content (AvgIpc) is 2.67. The summed E-state index contributed by atoms with van der Waals surface area (Å²) < 4.78 is 11.9. The third-order valence-corrected chi connectivity index (χ3v) is 5.24. The molecule has 1 fully saturated rings. The Balaban J connectivity index is 1.58. The molecule has 0 amide bonds. The maximum atomic E-state index is 10.7. The molecule has 1 aliphatic rings. The predicted molar refractivity (Wildman–Crippen MR) is 106 cm³/mol. The Morgan fingerprint density at radius 3 is 2.52 bits per heavy atom. The second-order valence-corrected chi connectivity index (χ2v) is 7.45. The van der Waals surface area contributed by atoms with Crippen molar-refractivity contribution >= 4 is 17.6 Å². The number of aliphatic carboxylic acids is 1. The first kappa shape index (κ1) is 19.6. The van der Waals surface area contributed by atoms with Crippen LogP contribution in [0.4, 0.5) is 0 Å². The highest BCUT2D eigenvalue weighted by Crippen LogP contribution is 2.30. The predicted octanol–water partition coefficient (Wildman–Crippen LogP) is 6.11. The number of ether oxygens (including phenoxy) is 2. The number of hydrogen-bond acceptors (Lipinski definition) is 3. The molecular weight excluding hydrogens is 364 g/mol. The van der Waals surface area contributed by atoms with Gasteiger partial charge in [-0.2, -0.15) is 0 Å². The zero-order valence-corrected chi connectivity index (χ0v) is 16.1. The van der Waals surface area contributed by atoms with Crippen molar-refractivity contribution < 1.29 is 19.4 Å². The van der Waals surface area contributed by atoms with Gasteiger partial charge in [0.05, 0.1) is 6.61 Å². The van der Waals surface area contributed by atoms with Crippen molar-refractivity contribution in [3.63, 3.8) is 0 Å². The molecule has 0 aliphatic heterocycles. The quantitative estimate of drug-likeness (QED) is 0.592. The zero-order valence-electron chi connectivity index (χ0n) is 15.3. The number of aryl methyl sites for hydroxylation is 1. The van der Waals surface area contributed by atoms with Crippen LogP contribution in [-0.2, 0) is 11.2 Å². The lowest BCUT2D eigenvalue weighted by molar-refractivity contribution is -0.136. The van der Waals surface area contributed by atoms with E-state index in [1.807, 2.05) is 30.3 Å². The van der Waals surface area contributed by atoms with Crippen LogP contribution in [0.1, 0.15) is 44.1 Å². The molecule has 4 nitrogen and oxygen atoms in total. The summed E-state index contributed by atoms with van der Waals surface area (Å²) in [5.41, 5.74) is 0.802. The minimum atomic E-state index is -0.837. The van der Waals surface area contributed by atoms with Gasteiger partial charge in [-0.05, 0) is 55.0 Å². The van der Waals surface area contributed by atoms with Crippen molar-refractivity contribution in [2.45, 2.75) is 44.9 Å². The zero-order chi connectivity index (χ0) is 19.1. The van der Waals surface area contributed by atoms with E-state index >= 15 is 0 Å². The van der Waals surface area contributed by atoms with E-state index in [4.69, 9.17) is 26.2 Å². The summed E-state index contributed by atoms with van der Waals surface area (Å²) in [7, 11) is 0. The molecule has 2 aromatic rings. The summed E-state index contributed by atoms with van der Waals surface area (Å²) >= 11 is 6.25. The number of benzene rings is 2. The Morgan fingerprint density at radius 1 is 1.04 bits per heavy atom. The molecule has 0 radical (unpaired) electrons. The molecule has 1 saturated carbocycles. The smallest absolute Gasteiger partial charge is 0.303 e. The second kappa shape index (κ2) is 9.65. The van der Waals surface area contributed by atoms with Gasteiger partial charge in [0.2, 0.25) is 0 Å². The third-order valence-electron chi connectivity index (χ3n) is 4.88. The molecule has 2 aromatic carbocycles. The second-order valence-electron chi connectivity index (χ2n) is 7.04. The molecule has 27 heavy (non-hydrogen) atoms. The van der Waals surface area contributed by atoms with E-state index < -0.39 is 5.97 Å². The van der Waals surface area contributed by atoms with Crippen LogP contribution in [0.25, 0.3) is 0 Å². The lowest BCUT2D eigenvalue weighted by Gasteiger charge is -2.21. The van der Waals surface area contributed by atoms with Gasteiger partial charge in [-0.3, -0.25) is 4.79 Å². The number of hydrogen-bond donors (Lipinski definition) is 1. The van der Waals surface area contributed by atoms with Crippen molar-refractivity contribution in [2.24, 2.45) is 5.92 Å². The molecule has 0 heterocycles. The van der Waals surface area contributed by atoms with E-state index in [0.717, 1.165) is 17.9 Å². The molecule has 1 N–H and O–H groups in total. The van der Waals surface area contributed by atoms with Crippen LogP contribution in [0.5, 0.6) is 17.2 Å². The van der Waals surface area contributed by atoms with Crippen LogP contribution in [0, 0.1) is 5.92 Å². The summed E-state index contributed by atoms with van der Waals surface area (Å²) in [6.45, 7) is 0.757. The maximum Gasteiger partial charge on any atom is 0.303 e. The van der Waals surface area contributed by atoms with Gasteiger partial charge in [0.15, 0.2) is 0 Å². The molecule has 0 saturated heterocycles. The third kappa shape index (κ3) is 6.17. The molecule has 5 heteroatoms. The Morgan fingerprint density at radius 2 is 1.78 bits per heavy atom. The molecule has 0 atom stereocenters. The lowest BCUT2D eigenvalue weighted by atomic mass is 9.90. The Bertz CT molecular complexity index is 769. The number of carboxylic acid groups (broad SMARTS) is 1. The molecule has 0 spiro atoms. The van der Waals surface area contributed by atoms with E-state index in [1.165, 1.54) is 32.1 Å². The lowest BCUT2D eigenvalue weighted by Crippen LogP contribution is -2.15. The molecular formula is C22H25ClO4. The van der Waals surface area contributed by atoms with Gasteiger partial charge in [0, 0.05) is 17.5 Å². The highest BCUT2D eigenvalue weighted by Gasteiger charge is 2.14. The number of carboxylic acids is 1. The minimum Gasteiger partial charge on any atom is -0.493 e. The first-order chi connectivity index (χ1) is 13.1. The van der Waals surface area contributed by atoms with E-state index in [-0.39, 0.29) is 6.42 Å². The number of halogens is 1. The molecule has 0 bridgehead atoms. The fourth-order valence-electron chi connectivity index (χ4n) is 3.37. The molecule has 1 aliphatic carbocycles. The van der Waals surface area contributed by atoms with Gasteiger partial charge in [-0.15, -0.1) is 0 Å². The van der Waals surface area contributed by atoms with Crippen molar-refractivity contribution in [3.8, 4) is 17.2 Å². The number of carbonyl (C=O) groups is 1. The van der Waals surface area contributed by atoms with Crippen LogP contribution in [0.2, 0.25) is 5.02 Å². The standard InChI is InChI=1S/C22H25ClO4/c23-21-14-20(11-9-17(21)10-12-22(24)25)27-19-8-4-7-18(13-19)26-15-16-5-2-1-3-6-16/h4,7-9,11,13-14,16H,1-3,5-6,10,12,15H2,(H,24,25). The molecule has 0 unspecified atom stereocenters. The summed E-state index contributed by atoms with van der Waals surface area (Å²) in [6, 6.07) is 12.9. The fraction of sp³-hybridized carbons (Fsp3) is 0.409. The molecule has 0 aromatic heterocycles. The largest absolute Gasteiger partial charge is 0.493 e. The summed E-state index contributed by atoms with van der Waals surface area (Å²) in [5, 5.41) is 9.30. The monoisotopic (exact) mass is 388 g/mol. The van der Waals surface area contributed by atoms with E-state index in [9.17, 15) is 4.79 Å². The SMILES string of the molecule is O=C(O)CCc1ccc(Oc2cccc(OCC3CCCCC3)c2)cc1Cl. The molecule has 3 rings (SSSR count). The van der Waals surface area contributed by atoms with Crippen LogP contribution >= 0.6 is 11.6 Å². The summed E-state index contributed by atoms with van der Waals surface area (Å²) in [5.74, 6) is 1.92. The maximum absolute atomic E-state index is 10.7. The first-order valence-corrected chi connectivity index (χ1v) is 9.89. The van der Waals surface area contributed by atoms with E-state index in [2.05, 4.69) is 0 Å². The Hall–Kier alpha value is -2.20. The van der Waals surface area contributed by atoms with Crippen LogP contribution in [0.15, 0.2) is 42.5 Å². The van der Waals surface area contributed by atoms with Gasteiger partial charge < -0.3 is 14.6 Å². The van der Waals surface area contributed by atoms with Crippen LogP contribution in [0.3, 0.4) is 0 Å². The van der Waals surface area contributed by atoms with Gasteiger partial charge in [0.25, 0.3) is 0 Å². The van der Waals surface area contributed by atoms with Gasteiger partial charge in [-0.1, -0.05) is 43.0 Å². The summed E-state index contributed by atoms with van der Waals surface area (Å²) in [4.78, 5) is 10.7. The van der Waals surface area contributed by atoms with Crippen molar-refractivity contribution in [1.29, 1.82) is 0 Å². The van der Waals surface area contributed by atoms with E-state index in [1.54, 1.807) is 12.1 Å². The topological polar surface area (TPSA) is 55.8 Å². The Labute approximate surface area is 165 Å². The average molecular weight is 389 g/mol. The minimum absolute atomic E-state index is 0.0559. The molecule has 144 valence electrons.